The van der Waals surface area contributed by atoms with E-state index < -0.39 is 5.54 Å². The average Bonchev–Trinajstić information content (AvgIpc) is 2.53. The normalized spacial score (nSPS) is 31.3. The Labute approximate surface area is 152 Å². The zero-order valence-electron chi connectivity index (χ0n) is 13.5. The summed E-state index contributed by atoms with van der Waals surface area (Å²) < 4.78 is 6.88. The molecule has 1 saturated carbocycles. The summed E-state index contributed by atoms with van der Waals surface area (Å²) in [6, 6.07) is 7.92. The Bertz CT molecular complexity index is 578. The highest BCUT2D eigenvalue weighted by molar-refractivity contribution is 9.10. The fourth-order valence-corrected chi connectivity index (χ4v) is 4.23. The van der Waals surface area contributed by atoms with Gasteiger partial charge in [-0.15, -0.1) is 12.4 Å². The fourth-order valence-electron chi connectivity index (χ4n) is 3.97. The SMILES string of the molecule is CC1(C)C2OCCCC2C1(N)C(=O)NCc1ccc(Br)cc1.Cl. The zero-order valence-corrected chi connectivity index (χ0v) is 15.9. The molecule has 1 aromatic rings. The van der Waals surface area contributed by atoms with Gasteiger partial charge in [0.15, 0.2) is 0 Å². The molecule has 3 unspecified atom stereocenters. The van der Waals surface area contributed by atoms with Gasteiger partial charge < -0.3 is 15.8 Å². The summed E-state index contributed by atoms with van der Waals surface area (Å²) in [5.41, 5.74) is 6.46. The minimum atomic E-state index is -0.840. The Morgan fingerprint density at radius 2 is 2.04 bits per heavy atom. The smallest absolute Gasteiger partial charge is 0.241 e. The van der Waals surface area contributed by atoms with Gasteiger partial charge in [-0.25, -0.2) is 0 Å². The summed E-state index contributed by atoms with van der Waals surface area (Å²) in [5, 5.41) is 3.01. The Morgan fingerprint density at radius 1 is 1.39 bits per heavy atom. The van der Waals surface area contributed by atoms with E-state index in [0.29, 0.717) is 6.54 Å². The van der Waals surface area contributed by atoms with Crippen molar-refractivity contribution in [2.24, 2.45) is 17.1 Å². The third-order valence-electron chi connectivity index (χ3n) is 5.43. The molecule has 3 atom stereocenters. The van der Waals surface area contributed by atoms with E-state index in [1.165, 1.54) is 0 Å². The maximum Gasteiger partial charge on any atom is 0.241 e. The van der Waals surface area contributed by atoms with Gasteiger partial charge in [-0.1, -0.05) is 41.9 Å². The van der Waals surface area contributed by atoms with Crippen LogP contribution in [0.4, 0.5) is 0 Å². The number of rotatable bonds is 3. The molecule has 2 fully saturated rings. The van der Waals surface area contributed by atoms with Crippen molar-refractivity contribution < 1.29 is 9.53 Å². The second-order valence-electron chi connectivity index (χ2n) is 6.94. The van der Waals surface area contributed by atoms with Gasteiger partial charge in [-0.05, 0) is 30.5 Å². The number of hydrogen-bond donors (Lipinski definition) is 2. The molecule has 3 rings (SSSR count). The highest BCUT2D eigenvalue weighted by Gasteiger charge is 2.70. The highest BCUT2D eigenvalue weighted by Crippen LogP contribution is 2.57. The first kappa shape index (κ1) is 18.7. The number of halogens is 2. The maximum atomic E-state index is 12.8. The summed E-state index contributed by atoms with van der Waals surface area (Å²) in [4.78, 5) is 12.8. The molecule has 6 heteroatoms. The second-order valence-corrected chi connectivity index (χ2v) is 7.86. The Hall–Kier alpha value is -0.620. The van der Waals surface area contributed by atoms with Crippen LogP contribution in [0.3, 0.4) is 0 Å². The standard InChI is InChI=1S/C17H23BrN2O2.ClH/c1-16(2)14-13(4-3-9-22-14)17(16,19)15(21)20-10-11-5-7-12(18)8-6-11;/h5-8,13-14H,3-4,9-10,19H2,1-2H3,(H,20,21);1H. The van der Waals surface area contributed by atoms with Gasteiger partial charge >= 0.3 is 0 Å². The number of benzene rings is 1. The molecule has 1 heterocycles. The van der Waals surface area contributed by atoms with E-state index in [0.717, 1.165) is 29.5 Å². The summed E-state index contributed by atoms with van der Waals surface area (Å²) >= 11 is 3.41. The van der Waals surface area contributed by atoms with Crippen LogP contribution in [0.2, 0.25) is 0 Å². The lowest BCUT2D eigenvalue weighted by molar-refractivity contribution is -0.225. The largest absolute Gasteiger partial charge is 0.377 e. The van der Waals surface area contributed by atoms with Gasteiger partial charge in [-0.2, -0.15) is 0 Å². The minimum Gasteiger partial charge on any atom is -0.377 e. The van der Waals surface area contributed by atoms with Gasteiger partial charge in [-0.3, -0.25) is 4.79 Å². The van der Waals surface area contributed by atoms with Crippen molar-refractivity contribution in [1.29, 1.82) is 0 Å². The molecular weight excluding hydrogens is 380 g/mol. The van der Waals surface area contributed by atoms with Crippen molar-refractivity contribution in [3.8, 4) is 0 Å². The highest BCUT2D eigenvalue weighted by atomic mass is 79.9. The molecule has 2 aliphatic rings. The fraction of sp³-hybridized carbons (Fsp3) is 0.588. The van der Waals surface area contributed by atoms with Gasteiger partial charge in [0.25, 0.3) is 0 Å². The number of fused-ring (bicyclic) bond motifs is 1. The molecule has 4 nitrogen and oxygen atoms in total. The second kappa shape index (κ2) is 6.71. The molecule has 0 bridgehead atoms. The van der Waals surface area contributed by atoms with E-state index in [9.17, 15) is 4.79 Å². The third-order valence-corrected chi connectivity index (χ3v) is 5.96. The van der Waals surface area contributed by atoms with Crippen molar-refractivity contribution in [3.05, 3.63) is 34.3 Å². The van der Waals surface area contributed by atoms with Gasteiger partial charge in [0, 0.05) is 29.0 Å². The Balaban J connectivity index is 0.00000192. The molecule has 23 heavy (non-hydrogen) atoms. The molecule has 3 N–H and O–H groups in total. The number of nitrogens with two attached hydrogens (primary N) is 1. The van der Waals surface area contributed by atoms with E-state index in [1.807, 2.05) is 38.1 Å². The zero-order chi connectivity index (χ0) is 16.0. The van der Waals surface area contributed by atoms with E-state index in [-0.39, 0.29) is 35.8 Å². The lowest BCUT2D eigenvalue weighted by Gasteiger charge is -2.65. The lowest BCUT2D eigenvalue weighted by atomic mass is 9.46. The number of carbonyl (C=O) groups is 1. The molecular formula is C17H24BrClN2O2. The first-order chi connectivity index (χ1) is 10.4. The van der Waals surface area contributed by atoms with Crippen LogP contribution in [0.15, 0.2) is 28.7 Å². The molecule has 0 radical (unpaired) electrons. The van der Waals surface area contributed by atoms with Crippen LogP contribution in [0.25, 0.3) is 0 Å². The van der Waals surface area contributed by atoms with E-state index in [4.69, 9.17) is 10.5 Å². The molecule has 128 valence electrons. The first-order valence-corrected chi connectivity index (χ1v) is 8.60. The Kier molecular flexibility index (Phi) is 5.46. The third kappa shape index (κ3) is 2.93. The van der Waals surface area contributed by atoms with Crippen LogP contribution in [-0.4, -0.2) is 24.2 Å². The van der Waals surface area contributed by atoms with Gasteiger partial charge in [0.2, 0.25) is 5.91 Å². The van der Waals surface area contributed by atoms with Crippen LogP contribution >= 0.6 is 28.3 Å². The van der Waals surface area contributed by atoms with Crippen molar-refractivity contribution >= 4 is 34.2 Å². The monoisotopic (exact) mass is 402 g/mol. The van der Waals surface area contributed by atoms with Crippen molar-refractivity contribution in [2.45, 2.75) is 44.9 Å². The van der Waals surface area contributed by atoms with Crippen LogP contribution < -0.4 is 11.1 Å². The number of nitrogens with one attached hydrogen (secondary N) is 1. The predicted octanol–water partition coefficient (Wildman–Crippen LogP) is 3.02. The summed E-state index contributed by atoms with van der Waals surface area (Å²) in [5.74, 6) is 0.0633. The van der Waals surface area contributed by atoms with Crippen LogP contribution in [0.5, 0.6) is 0 Å². The molecule has 0 aromatic heterocycles. The number of ether oxygens (including phenoxy) is 1. The Morgan fingerprint density at radius 3 is 2.70 bits per heavy atom. The van der Waals surface area contributed by atoms with Crippen molar-refractivity contribution in [2.75, 3.05) is 6.61 Å². The summed E-state index contributed by atoms with van der Waals surface area (Å²) in [7, 11) is 0. The molecule has 1 saturated heterocycles. The minimum absolute atomic E-state index is 0. The quantitative estimate of drug-likeness (QED) is 0.815. The van der Waals surface area contributed by atoms with Crippen LogP contribution in [0, 0.1) is 11.3 Å². The maximum absolute atomic E-state index is 12.8. The molecule has 1 aliphatic heterocycles. The lowest BCUT2D eigenvalue weighted by Crippen LogP contribution is -2.82. The molecule has 1 aliphatic carbocycles. The predicted molar refractivity (Wildman–Crippen MR) is 96.4 cm³/mol. The summed E-state index contributed by atoms with van der Waals surface area (Å²) in [6.07, 6.45) is 2.05. The number of amides is 1. The van der Waals surface area contributed by atoms with E-state index >= 15 is 0 Å². The first-order valence-electron chi connectivity index (χ1n) is 7.80. The molecule has 1 aromatic carbocycles. The van der Waals surface area contributed by atoms with E-state index in [1.54, 1.807) is 0 Å². The van der Waals surface area contributed by atoms with Gasteiger partial charge in [0.05, 0.1) is 6.10 Å². The summed E-state index contributed by atoms with van der Waals surface area (Å²) in [6.45, 7) is 5.36. The number of carbonyl (C=O) groups excluding carboxylic acids is 1. The van der Waals surface area contributed by atoms with Crippen molar-refractivity contribution in [3.63, 3.8) is 0 Å². The van der Waals surface area contributed by atoms with E-state index in [2.05, 4.69) is 21.2 Å². The average molecular weight is 404 g/mol. The van der Waals surface area contributed by atoms with Gasteiger partial charge in [0.1, 0.15) is 5.54 Å². The van der Waals surface area contributed by atoms with Crippen LogP contribution in [-0.2, 0) is 16.1 Å². The molecule has 1 amide bonds. The topological polar surface area (TPSA) is 64.3 Å². The van der Waals surface area contributed by atoms with Crippen molar-refractivity contribution in [1.82, 2.24) is 5.32 Å². The number of hydrogen-bond acceptors (Lipinski definition) is 3. The van der Waals surface area contributed by atoms with Crippen LogP contribution in [0.1, 0.15) is 32.3 Å². The molecule has 0 spiro atoms.